The highest BCUT2D eigenvalue weighted by atomic mass is 32.1. The molecule has 0 saturated carbocycles. The van der Waals surface area contributed by atoms with Gasteiger partial charge in [-0.05, 0) is 74.6 Å². The molecule has 0 unspecified atom stereocenters. The Bertz CT molecular complexity index is 1100. The summed E-state index contributed by atoms with van der Waals surface area (Å²) in [6.45, 7) is 5.85. The van der Waals surface area contributed by atoms with Crippen LogP contribution in [0.5, 0.6) is 5.75 Å². The number of nitrogens with zero attached hydrogens (tertiary/aromatic N) is 3. The second kappa shape index (κ2) is 9.91. The number of carbonyl (C=O) groups is 2. The molecule has 7 nitrogen and oxygen atoms in total. The number of hydrogen-bond donors (Lipinski definition) is 1. The molecule has 2 amide bonds. The van der Waals surface area contributed by atoms with Crippen molar-refractivity contribution in [3.8, 4) is 5.75 Å². The van der Waals surface area contributed by atoms with Gasteiger partial charge in [-0.25, -0.2) is 0 Å². The van der Waals surface area contributed by atoms with Crippen LogP contribution in [0.3, 0.4) is 0 Å². The minimum atomic E-state index is -0.359. The van der Waals surface area contributed by atoms with Gasteiger partial charge < -0.3 is 15.0 Å². The number of likely N-dealkylation sites (tertiary alicyclic amines) is 1. The molecule has 0 aliphatic carbocycles. The Labute approximate surface area is 191 Å². The van der Waals surface area contributed by atoms with E-state index in [4.69, 9.17) is 4.74 Å². The van der Waals surface area contributed by atoms with E-state index >= 15 is 0 Å². The summed E-state index contributed by atoms with van der Waals surface area (Å²) >= 11 is 1.19. The van der Waals surface area contributed by atoms with Crippen LogP contribution in [0.2, 0.25) is 0 Å². The largest absolute Gasteiger partial charge is 0.486 e. The van der Waals surface area contributed by atoms with E-state index in [1.807, 2.05) is 30.9 Å². The minimum Gasteiger partial charge on any atom is -0.486 e. The zero-order valence-corrected chi connectivity index (χ0v) is 19.1. The molecule has 3 aromatic rings. The topological polar surface area (TPSA) is 84.4 Å². The van der Waals surface area contributed by atoms with Gasteiger partial charge in [0.1, 0.15) is 12.4 Å². The van der Waals surface area contributed by atoms with Crippen LogP contribution in [0.4, 0.5) is 5.69 Å². The number of anilines is 1. The van der Waals surface area contributed by atoms with Crippen molar-refractivity contribution in [2.24, 2.45) is 0 Å². The molecule has 1 aromatic heterocycles. The first kappa shape index (κ1) is 22.0. The normalized spacial score (nSPS) is 13.6. The maximum absolute atomic E-state index is 12.7. The highest BCUT2D eigenvalue weighted by Gasteiger charge is 2.19. The Morgan fingerprint density at radius 3 is 2.53 bits per heavy atom. The van der Waals surface area contributed by atoms with Crippen molar-refractivity contribution >= 4 is 28.8 Å². The molecule has 1 aliphatic rings. The third kappa shape index (κ3) is 5.50. The second-order valence-electron chi connectivity index (χ2n) is 8.00. The predicted molar refractivity (Wildman–Crippen MR) is 124 cm³/mol. The fourth-order valence-electron chi connectivity index (χ4n) is 3.76. The fourth-order valence-corrected chi connectivity index (χ4v) is 4.41. The maximum atomic E-state index is 12.7. The number of rotatable bonds is 6. The summed E-state index contributed by atoms with van der Waals surface area (Å²) in [5, 5.41) is 11.7. The van der Waals surface area contributed by atoms with Crippen LogP contribution in [-0.2, 0) is 6.61 Å². The van der Waals surface area contributed by atoms with Crippen molar-refractivity contribution in [1.82, 2.24) is 15.1 Å². The van der Waals surface area contributed by atoms with Gasteiger partial charge in [0.25, 0.3) is 11.8 Å². The lowest BCUT2D eigenvalue weighted by molar-refractivity contribution is 0.0724. The molecular weight excluding hydrogens is 424 g/mol. The van der Waals surface area contributed by atoms with E-state index in [0.717, 1.165) is 42.8 Å². The number of piperidine rings is 1. The lowest BCUT2D eigenvalue weighted by atomic mass is 10.1. The van der Waals surface area contributed by atoms with E-state index < -0.39 is 0 Å². The molecule has 32 heavy (non-hydrogen) atoms. The van der Waals surface area contributed by atoms with Crippen molar-refractivity contribution < 1.29 is 14.3 Å². The number of nitrogens with one attached hydrogen (secondary N) is 1. The Kier molecular flexibility index (Phi) is 6.80. The van der Waals surface area contributed by atoms with Crippen molar-refractivity contribution in [2.75, 3.05) is 18.4 Å². The number of ether oxygens (including phenoxy) is 1. The van der Waals surface area contributed by atoms with Gasteiger partial charge in [0, 0.05) is 24.3 Å². The van der Waals surface area contributed by atoms with Crippen LogP contribution in [-0.4, -0.2) is 40.0 Å². The smallest absolute Gasteiger partial charge is 0.286 e. The number of aromatic nitrogens is 2. The zero-order valence-electron chi connectivity index (χ0n) is 18.3. The summed E-state index contributed by atoms with van der Waals surface area (Å²) in [4.78, 5) is 27.2. The molecule has 1 N–H and O–H groups in total. The molecule has 8 heteroatoms. The Hall–Kier alpha value is -3.26. The molecule has 0 atom stereocenters. The molecule has 1 saturated heterocycles. The van der Waals surface area contributed by atoms with Crippen LogP contribution in [0, 0.1) is 13.8 Å². The SMILES string of the molecule is Cc1cc(C)cc(OCc2nnc(C(=O)Nc3cccc(C(=O)N4CCCCC4)c3)s2)c1. The minimum absolute atomic E-state index is 0.00235. The van der Waals surface area contributed by atoms with Gasteiger partial charge >= 0.3 is 0 Å². The van der Waals surface area contributed by atoms with Gasteiger partial charge in [0.15, 0.2) is 5.01 Å². The molecular formula is C24H26N4O3S. The number of hydrogen-bond acceptors (Lipinski definition) is 6. The number of aryl methyl sites for hydroxylation is 2. The van der Waals surface area contributed by atoms with Crippen molar-refractivity contribution in [3.63, 3.8) is 0 Å². The summed E-state index contributed by atoms with van der Waals surface area (Å²) in [5.74, 6) is 0.407. The third-order valence-electron chi connectivity index (χ3n) is 5.23. The first-order chi connectivity index (χ1) is 15.5. The summed E-state index contributed by atoms with van der Waals surface area (Å²) < 4.78 is 5.80. The molecule has 1 aliphatic heterocycles. The summed E-state index contributed by atoms with van der Waals surface area (Å²) in [5.41, 5.74) is 3.38. The number of amides is 2. The highest BCUT2D eigenvalue weighted by Crippen LogP contribution is 2.20. The van der Waals surface area contributed by atoms with Crippen LogP contribution in [0.25, 0.3) is 0 Å². The van der Waals surface area contributed by atoms with Crippen LogP contribution >= 0.6 is 11.3 Å². The summed E-state index contributed by atoms with van der Waals surface area (Å²) in [6, 6.07) is 13.0. The van der Waals surface area contributed by atoms with E-state index in [-0.39, 0.29) is 23.4 Å². The molecule has 166 valence electrons. The van der Waals surface area contributed by atoms with Gasteiger partial charge in [-0.1, -0.05) is 23.5 Å². The Morgan fingerprint density at radius 1 is 1.03 bits per heavy atom. The van der Waals surface area contributed by atoms with Crippen molar-refractivity contribution in [2.45, 2.75) is 39.7 Å². The number of benzene rings is 2. The van der Waals surface area contributed by atoms with E-state index in [1.54, 1.807) is 24.3 Å². The first-order valence-corrected chi connectivity index (χ1v) is 11.5. The molecule has 1 fully saturated rings. The van der Waals surface area contributed by atoms with Crippen LogP contribution in [0.1, 0.15) is 55.6 Å². The van der Waals surface area contributed by atoms with Gasteiger partial charge in [-0.2, -0.15) is 0 Å². The fraction of sp³-hybridized carbons (Fsp3) is 0.333. The van der Waals surface area contributed by atoms with E-state index in [1.165, 1.54) is 17.8 Å². The molecule has 0 radical (unpaired) electrons. The molecule has 0 bridgehead atoms. The van der Waals surface area contributed by atoms with Gasteiger partial charge in [-0.15, -0.1) is 10.2 Å². The summed E-state index contributed by atoms with van der Waals surface area (Å²) in [7, 11) is 0. The zero-order chi connectivity index (χ0) is 22.5. The van der Waals surface area contributed by atoms with Gasteiger partial charge in [-0.3, -0.25) is 9.59 Å². The van der Waals surface area contributed by atoms with E-state index in [2.05, 4.69) is 21.6 Å². The quantitative estimate of drug-likeness (QED) is 0.593. The Morgan fingerprint density at radius 2 is 1.78 bits per heavy atom. The lowest BCUT2D eigenvalue weighted by Crippen LogP contribution is -2.35. The monoisotopic (exact) mass is 450 g/mol. The second-order valence-corrected chi connectivity index (χ2v) is 9.06. The molecule has 0 spiro atoms. The Balaban J connectivity index is 1.37. The standard InChI is InChI=1S/C24H26N4O3S/c1-16-11-17(2)13-20(12-16)31-15-21-26-27-23(32-21)22(29)25-19-8-6-7-18(14-19)24(30)28-9-4-3-5-10-28/h6-8,11-14H,3-5,9-10,15H2,1-2H3,(H,25,29). The van der Waals surface area contributed by atoms with Crippen molar-refractivity contribution in [1.29, 1.82) is 0 Å². The molecule has 2 heterocycles. The average molecular weight is 451 g/mol. The summed E-state index contributed by atoms with van der Waals surface area (Å²) in [6.07, 6.45) is 3.24. The molecule has 4 rings (SSSR count). The number of carbonyl (C=O) groups excluding carboxylic acids is 2. The van der Waals surface area contributed by atoms with Crippen LogP contribution < -0.4 is 10.1 Å². The predicted octanol–water partition coefficient (Wildman–Crippen LogP) is 4.61. The van der Waals surface area contributed by atoms with Crippen LogP contribution in [0.15, 0.2) is 42.5 Å². The van der Waals surface area contributed by atoms with Gasteiger partial charge in [0.05, 0.1) is 0 Å². The third-order valence-corrected chi connectivity index (χ3v) is 6.12. The highest BCUT2D eigenvalue weighted by molar-refractivity contribution is 7.13. The van der Waals surface area contributed by atoms with Crippen molar-refractivity contribution in [3.05, 3.63) is 69.2 Å². The van der Waals surface area contributed by atoms with Gasteiger partial charge in [0.2, 0.25) is 5.01 Å². The van der Waals surface area contributed by atoms with E-state index in [0.29, 0.717) is 16.3 Å². The first-order valence-electron chi connectivity index (χ1n) is 10.7. The maximum Gasteiger partial charge on any atom is 0.286 e. The lowest BCUT2D eigenvalue weighted by Gasteiger charge is -2.26. The molecule has 2 aromatic carbocycles. The van der Waals surface area contributed by atoms with E-state index in [9.17, 15) is 9.59 Å². The average Bonchev–Trinajstić information content (AvgIpc) is 3.27.